The summed E-state index contributed by atoms with van der Waals surface area (Å²) < 4.78 is 1.07. The third-order valence-corrected chi connectivity index (χ3v) is 7.05. The van der Waals surface area contributed by atoms with Gasteiger partial charge in [-0.05, 0) is 72.3 Å². The maximum atomic E-state index is 11.8. The van der Waals surface area contributed by atoms with Crippen molar-refractivity contribution in [1.29, 1.82) is 0 Å². The van der Waals surface area contributed by atoms with E-state index in [0.29, 0.717) is 23.3 Å². The number of fused-ring (bicyclic) bond motifs is 7. The van der Waals surface area contributed by atoms with Gasteiger partial charge in [0.25, 0.3) is 0 Å². The fraction of sp³-hybridized carbons (Fsp3) is 0.381. The third-order valence-electron chi connectivity index (χ3n) is 6.56. The van der Waals surface area contributed by atoms with Gasteiger partial charge in [0.15, 0.2) is 0 Å². The Bertz CT molecular complexity index is 865. The van der Waals surface area contributed by atoms with Crippen LogP contribution >= 0.6 is 15.9 Å². The van der Waals surface area contributed by atoms with E-state index in [4.69, 9.17) is 0 Å². The molecule has 1 aliphatic heterocycles. The van der Waals surface area contributed by atoms with Gasteiger partial charge in [0, 0.05) is 4.47 Å². The first-order valence-corrected chi connectivity index (χ1v) is 9.81. The van der Waals surface area contributed by atoms with E-state index < -0.39 is 5.97 Å². The number of benzene rings is 2. The zero-order valence-corrected chi connectivity index (χ0v) is 15.4. The average Bonchev–Trinajstić information content (AvgIpc) is 3.22. The molecule has 0 spiro atoms. The Morgan fingerprint density at radius 3 is 2.72 bits per heavy atom. The van der Waals surface area contributed by atoms with Crippen molar-refractivity contribution in [3.63, 3.8) is 0 Å². The second-order valence-corrected chi connectivity index (χ2v) is 8.60. The number of hydrogen-bond acceptors (Lipinski definition) is 2. The van der Waals surface area contributed by atoms with Gasteiger partial charge in [0.1, 0.15) is 0 Å². The Morgan fingerprint density at radius 2 is 1.92 bits per heavy atom. The summed E-state index contributed by atoms with van der Waals surface area (Å²) in [6, 6.07) is 14.4. The third kappa shape index (κ3) is 2.27. The predicted octanol–water partition coefficient (Wildman–Crippen LogP) is 5.44. The standard InChI is InChI=1S/C21H20BrNO2/c22-14-4-1-3-13(10-14)19-18-12-8-7-11(9-12)17(18)15-5-2-6-16(21(24)25)20(15)23-19/h1-6,10-12,17-19,23H,7-9H2,(H,24,25)/t11-,12-,17+,18-,19+/m0/s1. The molecule has 2 aromatic rings. The Labute approximate surface area is 155 Å². The molecule has 2 saturated carbocycles. The summed E-state index contributed by atoms with van der Waals surface area (Å²) in [5.74, 6) is 1.64. The van der Waals surface area contributed by atoms with E-state index in [1.54, 1.807) is 6.07 Å². The van der Waals surface area contributed by atoms with Gasteiger partial charge in [-0.2, -0.15) is 0 Å². The lowest BCUT2D eigenvalue weighted by atomic mass is 9.67. The number of aromatic carboxylic acids is 1. The molecule has 3 aliphatic rings. The van der Waals surface area contributed by atoms with Gasteiger partial charge in [-0.1, -0.05) is 40.2 Å². The first-order valence-electron chi connectivity index (χ1n) is 9.01. The van der Waals surface area contributed by atoms with Crippen LogP contribution in [-0.2, 0) is 0 Å². The molecule has 3 nitrogen and oxygen atoms in total. The van der Waals surface area contributed by atoms with Crippen molar-refractivity contribution in [1.82, 2.24) is 0 Å². The summed E-state index contributed by atoms with van der Waals surface area (Å²) in [5, 5.41) is 13.3. The summed E-state index contributed by atoms with van der Waals surface area (Å²) >= 11 is 3.59. The van der Waals surface area contributed by atoms with Gasteiger partial charge in [0.05, 0.1) is 17.3 Å². The number of carbonyl (C=O) groups is 1. The lowest BCUT2D eigenvalue weighted by molar-refractivity contribution is 0.0697. The van der Waals surface area contributed by atoms with Crippen molar-refractivity contribution in [2.24, 2.45) is 17.8 Å². The molecule has 128 valence electrons. The summed E-state index contributed by atoms with van der Waals surface area (Å²) in [6.07, 6.45) is 3.89. The van der Waals surface area contributed by atoms with Crippen molar-refractivity contribution in [3.05, 3.63) is 63.6 Å². The second-order valence-electron chi connectivity index (χ2n) is 7.69. The lowest BCUT2D eigenvalue weighted by Crippen LogP contribution is -2.36. The van der Waals surface area contributed by atoms with Crippen LogP contribution in [0.4, 0.5) is 5.69 Å². The van der Waals surface area contributed by atoms with Crippen LogP contribution in [0.1, 0.15) is 52.7 Å². The number of para-hydroxylation sites is 1. The fourth-order valence-electron chi connectivity index (χ4n) is 5.72. The van der Waals surface area contributed by atoms with Crippen LogP contribution < -0.4 is 5.32 Å². The SMILES string of the molecule is O=C(O)c1cccc2c1N[C@H](c1cccc(Br)c1)[C@H]1[C@H]3CC[C@@H](C3)[C@H]21. The van der Waals surface area contributed by atoms with E-state index in [9.17, 15) is 9.90 Å². The van der Waals surface area contributed by atoms with Crippen molar-refractivity contribution < 1.29 is 9.90 Å². The molecule has 2 bridgehead atoms. The predicted molar refractivity (Wildman–Crippen MR) is 101 cm³/mol. The lowest BCUT2D eigenvalue weighted by Gasteiger charge is -2.44. The molecule has 5 atom stereocenters. The normalized spacial score (nSPS) is 32.0. The minimum Gasteiger partial charge on any atom is -0.478 e. The molecule has 25 heavy (non-hydrogen) atoms. The molecule has 1 heterocycles. The van der Waals surface area contributed by atoms with Gasteiger partial charge in [-0.15, -0.1) is 0 Å². The molecule has 0 unspecified atom stereocenters. The summed E-state index contributed by atoms with van der Waals surface area (Å²) in [6.45, 7) is 0. The number of rotatable bonds is 2. The van der Waals surface area contributed by atoms with E-state index >= 15 is 0 Å². The number of carboxylic acid groups (broad SMARTS) is 1. The maximum Gasteiger partial charge on any atom is 0.337 e. The Kier molecular flexibility index (Phi) is 3.46. The molecule has 2 aliphatic carbocycles. The maximum absolute atomic E-state index is 11.8. The first kappa shape index (κ1) is 15.4. The molecule has 0 saturated heterocycles. The van der Waals surface area contributed by atoms with Gasteiger partial charge >= 0.3 is 5.97 Å². The van der Waals surface area contributed by atoms with Crippen molar-refractivity contribution in [2.45, 2.75) is 31.2 Å². The molecular formula is C21H20BrNO2. The van der Waals surface area contributed by atoms with E-state index in [2.05, 4.69) is 45.5 Å². The Balaban J connectivity index is 1.68. The zero-order chi connectivity index (χ0) is 17.1. The number of carboxylic acids is 1. The van der Waals surface area contributed by atoms with Gasteiger partial charge in [-0.25, -0.2) is 4.79 Å². The smallest absolute Gasteiger partial charge is 0.337 e. The summed E-state index contributed by atoms with van der Waals surface area (Å²) in [7, 11) is 0. The highest BCUT2D eigenvalue weighted by atomic mass is 79.9. The molecule has 5 rings (SSSR count). The molecule has 0 aromatic heterocycles. The zero-order valence-electron chi connectivity index (χ0n) is 13.8. The molecule has 4 heteroatoms. The highest BCUT2D eigenvalue weighted by Crippen LogP contribution is 2.64. The van der Waals surface area contributed by atoms with Crippen LogP contribution in [0.15, 0.2) is 46.9 Å². The number of halogens is 1. The number of nitrogens with one attached hydrogen (secondary N) is 1. The topological polar surface area (TPSA) is 49.3 Å². The van der Waals surface area contributed by atoms with Crippen molar-refractivity contribution in [3.8, 4) is 0 Å². The second kappa shape index (κ2) is 5.60. The van der Waals surface area contributed by atoms with Gasteiger partial charge in [0.2, 0.25) is 0 Å². The summed E-state index contributed by atoms with van der Waals surface area (Å²) in [4.78, 5) is 11.8. The quantitative estimate of drug-likeness (QED) is 0.708. The highest BCUT2D eigenvalue weighted by molar-refractivity contribution is 9.10. The van der Waals surface area contributed by atoms with E-state index in [-0.39, 0.29) is 6.04 Å². The van der Waals surface area contributed by atoms with Crippen LogP contribution in [0, 0.1) is 17.8 Å². The van der Waals surface area contributed by atoms with Crippen molar-refractivity contribution in [2.75, 3.05) is 5.32 Å². The highest BCUT2D eigenvalue weighted by Gasteiger charge is 2.54. The van der Waals surface area contributed by atoms with Crippen LogP contribution in [0.5, 0.6) is 0 Å². The van der Waals surface area contributed by atoms with Crippen molar-refractivity contribution >= 4 is 27.6 Å². The molecule has 2 fully saturated rings. The monoisotopic (exact) mass is 397 g/mol. The van der Waals surface area contributed by atoms with E-state index in [1.807, 2.05) is 12.1 Å². The minimum atomic E-state index is -0.848. The van der Waals surface area contributed by atoms with Crippen LogP contribution in [0.3, 0.4) is 0 Å². The Hall–Kier alpha value is -1.81. The van der Waals surface area contributed by atoms with Crippen LogP contribution in [0.2, 0.25) is 0 Å². The largest absolute Gasteiger partial charge is 0.478 e. The van der Waals surface area contributed by atoms with Crippen LogP contribution in [0.25, 0.3) is 0 Å². The molecule has 2 N–H and O–H groups in total. The minimum absolute atomic E-state index is 0.186. The van der Waals surface area contributed by atoms with E-state index in [0.717, 1.165) is 16.1 Å². The average molecular weight is 398 g/mol. The number of anilines is 1. The molecule has 0 amide bonds. The fourth-order valence-corrected chi connectivity index (χ4v) is 6.14. The van der Waals surface area contributed by atoms with Gasteiger partial charge in [-0.3, -0.25) is 0 Å². The number of hydrogen-bond donors (Lipinski definition) is 2. The van der Waals surface area contributed by atoms with E-state index in [1.165, 1.54) is 30.4 Å². The van der Waals surface area contributed by atoms with Gasteiger partial charge < -0.3 is 10.4 Å². The van der Waals surface area contributed by atoms with Crippen LogP contribution in [-0.4, -0.2) is 11.1 Å². The molecular weight excluding hydrogens is 378 g/mol. The summed E-state index contributed by atoms with van der Waals surface area (Å²) in [5.41, 5.74) is 3.72. The molecule has 2 aromatic carbocycles. The first-order chi connectivity index (χ1) is 12.1. The molecule has 0 radical (unpaired) electrons. The Morgan fingerprint density at radius 1 is 1.12 bits per heavy atom.